The number of carbonyl (C=O) groups is 1. The van der Waals surface area contributed by atoms with E-state index in [1.807, 2.05) is 59.1 Å². The second-order valence-corrected chi connectivity index (χ2v) is 5.70. The van der Waals surface area contributed by atoms with E-state index in [9.17, 15) is 4.79 Å². The number of carbonyl (C=O) groups excluding carboxylic acids is 1. The molecule has 1 aromatic carbocycles. The monoisotopic (exact) mass is 339 g/mol. The van der Waals surface area contributed by atoms with Crippen LogP contribution in [-0.2, 0) is 6.54 Å². The van der Waals surface area contributed by atoms with Crippen LogP contribution in [0.4, 0.5) is 4.79 Å². The lowest BCUT2D eigenvalue weighted by Crippen LogP contribution is -2.38. The van der Waals surface area contributed by atoms with Gasteiger partial charge in [-0.15, -0.1) is 10.2 Å². The highest BCUT2D eigenvalue weighted by atomic mass is 16.3. The van der Waals surface area contributed by atoms with E-state index in [1.165, 1.54) is 0 Å². The van der Waals surface area contributed by atoms with E-state index in [0.717, 1.165) is 11.2 Å². The van der Waals surface area contributed by atoms with E-state index < -0.39 is 0 Å². The van der Waals surface area contributed by atoms with Crippen LogP contribution in [0.15, 0.2) is 54.7 Å². The van der Waals surface area contributed by atoms with E-state index >= 15 is 0 Å². The lowest BCUT2D eigenvalue weighted by Gasteiger charge is -2.19. The summed E-state index contributed by atoms with van der Waals surface area (Å²) < 4.78 is 1.83. The van der Waals surface area contributed by atoms with Gasteiger partial charge in [-0.1, -0.05) is 36.4 Å². The van der Waals surface area contributed by atoms with Gasteiger partial charge in [0.05, 0.1) is 12.6 Å². The van der Waals surface area contributed by atoms with Crippen LogP contribution < -0.4 is 10.6 Å². The quantitative estimate of drug-likeness (QED) is 0.614. The highest BCUT2D eigenvalue weighted by Crippen LogP contribution is 2.17. The lowest BCUT2D eigenvalue weighted by molar-refractivity contribution is 0.232. The summed E-state index contributed by atoms with van der Waals surface area (Å²) >= 11 is 0. The molecular formula is C18H21N5O2. The lowest BCUT2D eigenvalue weighted by atomic mass is 10.0. The standard InChI is InChI=1S/C18H21N5O2/c24-12-6-9-15(14-7-2-1-3-8-14)20-18(25)19-13-17-22-21-16-10-4-5-11-23(16)17/h1-5,7-8,10-11,15,24H,6,9,12-13H2,(H2,19,20,25). The van der Waals surface area contributed by atoms with Crippen molar-refractivity contribution in [2.24, 2.45) is 0 Å². The third kappa shape index (κ3) is 4.33. The van der Waals surface area contributed by atoms with Crippen molar-refractivity contribution in [2.75, 3.05) is 6.61 Å². The third-order valence-corrected chi connectivity index (χ3v) is 3.95. The fraction of sp³-hybridized carbons (Fsp3) is 0.278. The zero-order valence-corrected chi connectivity index (χ0v) is 13.8. The summed E-state index contributed by atoms with van der Waals surface area (Å²) in [5.41, 5.74) is 1.75. The predicted octanol–water partition coefficient (Wildman–Crippen LogP) is 2.04. The minimum atomic E-state index is -0.278. The fourth-order valence-electron chi connectivity index (χ4n) is 2.68. The molecule has 0 saturated carbocycles. The van der Waals surface area contributed by atoms with Gasteiger partial charge in [-0.2, -0.15) is 0 Å². The van der Waals surface area contributed by atoms with Gasteiger partial charge in [0.25, 0.3) is 0 Å². The van der Waals surface area contributed by atoms with Gasteiger partial charge in [-0.25, -0.2) is 4.79 Å². The number of aliphatic hydroxyl groups excluding tert-OH is 1. The summed E-state index contributed by atoms with van der Waals surface area (Å²) in [5.74, 6) is 0.664. The van der Waals surface area contributed by atoms with Gasteiger partial charge in [0.1, 0.15) is 0 Å². The normalized spacial score (nSPS) is 12.0. The molecule has 0 spiro atoms. The first-order valence-corrected chi connectivity index (χ1v) is 8.27. The number of pyridine rings is 1. The van der Waals surface area contributed by atoms with Crippen LogP contribution in [0, 0.1) is 0 Å². The fourth-order valence-corrected chi connectivity index (χ4v) is 2.68. The Labute approximate surface area is 145 Å². The maximum absolute atomic E-state index is 12.3. The molecule has 2 amide bonds. The molecule has 0 aliphatic rings. The van der Waals surface area contributed by atoms with Gasteiger partial charge in [0.2, 0.25) is 0 Å². The highest BCUT2D eigenvalue weighted by Gasteiger charge is 2.14. The van der Waals surface area contributed by atoms with Crippen molar-refractivity contribution in [3.05, 3.63) is 66.1 Å². The Hall–Kier alpha value is -2.93. The van der Waals surface area contributed by atoms with Gasteiger partial charge >= 0.3 is 6.03 Å². The number of urea groups is 1. The number of benzene rings is 1. The summed E-state index contributed by atoms with van der Waals surface area (Å²) in [7, 11) is 0. The number of hydrogen-bond donors (Lipinski definition) is 3. The Morgan fingerprint density at radius 3 is 2.72 bits per heavy atom. The Morgan fingerprint density at radius 2 is 1.92 bits per heavy atom. The van der Waals surface area contributed by atoms with Crippen LogP contribution in [-0.4, -0.2) is 32.3 Å². The molecule has 3 N–H and O–H groups in total. The van der Waals surface area contributed by atoms with Crippen LogP contribution in [0.1, 0.15) is 30.3 Å². The minimum absolute atomic E-state index is 0.0956. The molecule has 2 heterocycles. The number of nitrogens with one attached hydrogen (secondary N) is 2. The summed E-state index contributed by atoms with van der Waals surface area (Å²) in [4.78, 5) is 12.3. The molecule has 25 heavy (non-hydrogen) atoms. The van der Waals surface area contributed by atoms with Crippen LogP contribution in [0.25, 0.3) is 5.65 Å². The molecule has 3 aromatic rings. The van der Waals surface area contributed by atoms with Gasteiger partial charge in [-0.05, 0) is 30.5 Å². The first-order chi connectivity index (χ1) is 12.3. The van der Waals surface area contributed by atoms with E-state index in [-0.39, 0.29) is 25.2 Å². The van der Waals surface area contributed by atoms with Crippen molar-refractivity contribution < 1.29 is 9.90 Å². The van der Waals surface area contributed by atoms with Crippen molar-refractivity contribution in [1.82, 2.24) is 25.2 Å². The minimum Gasteiger partial charge on any atom is -0.396 e. The van der Waals surface area contributed by atoms with Crippen LogP contribution in [0.3, 0.4) is 0 Å². The maximum atomic E-state index is 12.3. The molecule has 0 bridgehead atoms. The molecule has 130 valence electrons. The molecule has 2 aromatic heterocycles. The van der Waals surface area contributed by atoms with Crippen molar-refractivity contribution in [1.29, 1.82) is 0 Å². The van der Waals surface area contributed by atoms with E-state index in [0.29, 0.717) is 18.7 Å². The smallest absolute Gasteiger partial charge is 0.315 e. The topological polar surface area (TPSA) is 91.6 Å². The molecule has 1 unspecified atom stereocenters. The van der Waals surface area contributed by atoms with E-state index in [1.54, 1.807) is 0 Å². The molecule has 7 heteroatoms. The average molecular weight is 339 g/mol. The van der Waals surface area contributed by atoms with Crippen molar-refractivity contribution in [2.45, 2.75) is 25.4 Å². The first kappa shape index (κ1) is 16.9. The summed E-state index contributed by atoms with van der Waals surface area (Å²) in [6, 6.07) is 14.9. The second kappa shape index (κ2) is 8.25. The maximum Gasteiger partial charge on any atom is 0.315 e. The summed E-state index contributed by atoms with van der Waals surface area (Å²) in [6.07, 6.45) is 3.15. The van der Waals surface area contributed by atoms with Gasteiger partial charge < -0.3 is 15.7 Å². The number of rotatable bonds is 7. The predicted molar refractivity (Wildman–Crippen MR) is 93.9 cm³/mol. The molecule has 0 radical (unpaired) electrons. The van der Waals surface area contributed by atoms with Crippen molar-refractivity contribution in [3.8, 4) is 0 Å². The SMILES string of the molecule is O=C(NCc1nnc2ccccn12)NC(CCCO)c1ccccc1. The van der Waals surface area contributed by atoms with Crippen LogP contribution in [0.5, 0.6) is 0 Å². The second-order valence-electron chi connectivity index (χ2n) is 5.70. The van der Waals surface area contributed by atoms with Crippen LogP contribution >= 0.6 is 0 Å². The number of nitrogens with zero attached hydrogens (tertiary/aromatic N) is 3. The third-order valence-electron chi connectivity index (χ3n) is 3.95. The molecule has 0 fully saturated rings. The molecule has 1 atom stereocenters. The molecular weight excluding hydrogens is 318 g/mol. The number of hydrogen-bond acceptors (Lipinski definition) is 4. The molecule has 7 nitrogen and oxygen atoms in total. The average Bonchev–Trinajstić information content (AvgIpc) is 3.07. The zero-order chi connectivity index (χ0) is 17.5. The van der Waals surface area contributed by atoms with Gasteiger partial charge in [0.15, 0.2) is 11.5 Å². The summed E-state index contributed by atoms with van der Waals surface area (Å²) in [5, 5.41) is 23.0. The van der Waals surface area contributed by atoms with Crippen molar-refractivity contribution in [3.63, 3.8) is 0 Å². The zero-order valence-electron chi connectivity index (χ0n) is 13.8. The Morgan fingerprint density at radius 1 is 1.12 bits per heavy atom. The van der Waals surface area contributed by atoms with Gasteiger partial charge in [-0.3, -0.25) is 4.40 Å². The Balaban J connectivity index is 1.61. The van der Waals surface area contributed by atoms with Crippen LogP contribution in [0.2, 0.25) is 0 Å². The Bertz CT molecular complexity index is 818. The van der Waals surface area contributed by atoms with E-state index in [4.69, 9.17) is 5.11 Å². The highest BCUT2D eigenvalue weighted by molar-refractivity contribution is 5.74. The number of aromatic nitrogens is 3. The molecule has 0 aliphatic heterocycles. The Kier molecular flexibility index (Phi) is 5.58. The first-order valence-electron chi connectivity index (χ1n) is 8.27. The largest absolute Gasteiger partial charge is 0.396 e. The number of aliphatic hydroxyl groups is 1. The number of amides is 2. The molecule has 0 aliphatic carbocycles. The van der Waals surface area contributed by atoms with Crippen molar-refractivity contribution >= 4 is 11.7 Å². The number of fused-ring (bicyclic) bond motifs is 1. The van der Waals surface area contributed by atoms with E-state index in [2.05, 4.69) is 20.8 Å². The molecule has 3 rings (SSSR count). The molecule has 0 saturated heterocycles. The van der Waals surface area contributed by atoms with Gasteiger partial charge in [0, 0.05) is 12.8 Å². The summed E-state index contributed by atoms with van der Waals surface area (Å²) in [6.45, 7) is 0.372.